The largest absolute Gasteiger partial charge is 0.338 e. The maximum Gasteiger partial charge on any atom is 0.253 e. The number of carbonyl (C=O) groups excluding carboxylic acids is 1. The lowest BCUT2D eigenvalue weighted by Crippen LogP contribution is -2.48. The quantitative estimate of drug-likeness (QED) is 0.842. The molecular formula is C19H21ClF2N4O. The number of nitrogens with zero attached hydrogens (tertiary/aromatic N) is 3. The molecule has 27 heavy (non-hydrogen) atoms. The number of carbonyl (C=O) groups is 1. The number of hydrogen-bond acceptors (Lipinski definition) is 4. The Hall–Kier alpha value is -2.12. The maximum atomic E-state index is 15.2. The van der Waals surface area contributed by atoms with Crippen LogP contribution in [0.15, 0.2) is 30.6 Å². The average molecular weight is 397 g/mol. The van der Waals surface area contributed by atoms with Crippen LogP contribution in [0.1, 0.15) is 37.3 Å². The molecule has 1 aromatic carbocycles. The molecule has 144 valence electrons. The van der Waals surface area contributed by atoms with Crippen LogP contribution in [0, 0.1) is 12.7 Å². The van der Waals surface area contributed by atoms with Crippen molar-refractivity contribution in [3.05, 3.63) is 58.4 Å². The van der Waals surface area contributed by atoms with E-state index in [4.69, 9.17) is 14.3 Å². The third kappa shape index (κ3) is 4.99. The normalized spacial score (nSPS) is 18.0. The first kappa shape index (κ1) is 17.0. The number of likely N-dealkylation sites (tertiary alicyclic amines) is 1. The number of amides is 1. The van der Waals surface area contributed by atoms with E-state index >= 15 is 4.39 Å². The summed E-state index contributed by atoms with van der Waals surface area (Å²) in [5.74, 6) is -1.01. The lowest BCUT2D eigenvalue weighted by Gasteiger charge is -2.36. The van der Waals surface area contributed by atoms with Gasteiger partial charge >= 0.3 is 0 Å². The molecule has 2 heterocycles. The number of rotatable bonds is 5. The summed E-state index contributed by atoms with van der Waals surface area (Å²) in [4.78, 5) is 21.9. The third-order valence-electron chi connectivity index (χ3n) is 4.50. The van der Waals surface area contributed by atoms with E-state index in [2.05, 4.69) is 15.3 Å². The molecule has 1 aromatic heterocycles. The zero-order chi connectivity index (χ0) is 21.2. The first-order valence-corrected chi connectivity index (χ1v) is 8.95. The maximum absolute atomic E-state index is 15.2. The highest BCUT2D eigenvalue weighted by atomic mass is 35.5. The summed E-state index contributed by atoms with van der Waals surface area (Å²) >= 11 is 5.73. The highest BCUT2D eigenvalue weighted by Gasteiger charge is 2.36. The Labute approximate surface area is 164 Å². The van der Waals surface area contributed by atoms with Gasteiger partial charge in [-0.1, -0.05) is 11.6 Å². The van der Waals surface area contributed by atoms with E-state index in [1.807, 2.05) is 0 Å². The van der Waals surface area contributed by atoms with E-state index in [1.54, 1.807) is 6.92 Å². The number of aromatic nitrogens is 2. The molecule has 0 saturated carbocycles. The van der Waals surface area contributed by atoms with Crippen molar-refractivity contribution in [2.75, 3.05) is 19.6 Å². The van der Waals surface area contributed by atoms with E-state index in [0.717, 1.165) is 11.6 Å². The molecule has 0 bridgehead atoms. The van der Waals surface area contributed by atoms with Gasteiger partial charge in [0.15, 0.2) is 0 Å². The predicted octanol–water partition coefficient (Wildman–Crippen LogP) is 3.31. The molecule has 1 saturated heterocycles. The molecule has 1 amide bonds. The Kier molecular flexibility index (Phi) is 5.21. The molecule has 2 aromatic rings. The molecule has 0 aliphatic carbocycles. The number of benzene rings is 1. The van der Waals surface area contributed by atoms with E-state index < -0.39 is 18.0 Å². The van der Waals surface area contributed by atoms with Crippen molar-refractivity contribution in [3.8, 4) is 0 Å². The van der Waals surface area contributed by atoms with Crippen LogP contribution in [0.2, 0.25) is 5.02 Å². The van der Waals surface area contributed by atoms with Crippen LogP contribution >= 0.6 is 11.6 Å². The molecular weight excluding hydrogens is 374 g/mol. The molecule has 5 nitrogen and oxygen atoms in total. The Morgan fingerprint density at radius 2 is 2.04 bits per heavy atom. The second-order valence-electron chi connectivity index (χ2n) is 6.63. The molecule has 8 heteroatoms. The summed E-state index contributed by atoms with van der Waals surface area (Å²) < 4.78 is 44.6. The van der Waals surface area contributed by atoms with E-state index in [1.165, 1.54) is 29.4 Å². The summed E-state index contributed by atoms with van der Waals surface area (Å²) in [5, 5.41) is 2.42. The summed E-state index contributed by atoms with van der Waals surface area (Å²) in [7, 11) is 0. The Morgan fingerprint density at radius 3 is 2.67 bits per heavy atom. The smallest absolute Gasteiger partial charge is 0.253 e. The number of halogens is 3. The van der Waals surface area contributed by atoms with Gasteiger partial charge in [-0.05, 0) is 30.7 Å². The molecule has 0 radical (unpaired) electrons. The fraction of sp³-hybridized carbons (Fsp3) is 0.421. The van der Waals surface area contributed by atoms with Crippen LogP contribution in [-0.4, -0.2) is 46.1 Å². The van der Waals surface area contributed by atoms with E-state index in [0.29, 0.717) is 0 Å². The molecule has 0 atom stereocenters. The molecule has 3 rings (SSSR count). The minimum Gasteiger partial charge on any atom is -0.338 e. The van der Waals surface area contributed by atoms with Crippen molar-refractivity contribution < 1.29 is 16.3 Å². The predicted molar refractivity (Wildman–Crippen MR) is 98.9 cm³/mol. The first-order chi connectivity index (χ1) is 13.6. The summed E-state index contributed by atoms with van der Waals surface area (Å²) in [6.07, 6.45) is 3.09. The molecule has 1 aliphatic heterocycles. The lowest BCUT2D eigenvalue weighted by molar-refractivity contribution is 0.0434. The van der Waals surface area contributed by atoms with Crippen LogP contribution in [0.5, 0.6) is 0 Å². The molecule has 0 spiro atoms. The lowest BCUT2D eigenvalue weighted by atomic mass is 9.92. The van der Waals surface area contributed by atoms with Crippen molar-refractivity contribution in [1.82, 2.24) is 20.2 Å². The van der Waals surface area contributed by atoms with E-state index in [9.17, 15) is 9.18 Å². The second kappa shape index (κ2) is 8.27. The van der Waals surface area contributed by atoms with Crippen LogP contribution in [0.25, 0.3) is 0 Å². The van der Waals surface area contributed by atoms with Gasteiger partial charge in [-0.15, -0.1) is 0 Å². The van der Waals surface area contributed by atoms with Crippen molar-refractivity contribution in [2.24, 2.45) is 0 Å². The van der Waals surface area contributed by atoms with Gasteiger partial charge in [0.05, 0.1) is 14.3 Å². The zero-order valence-electron chi connectivity index (χ0n) is 16.8. The number of piperidine rings is 1. The highest BCUT2D eigenvalue weighted by Crippen LogP contribution is 2.27. The van der Waals surface area contributed by atoms with Crippen LogP contribution in [0.4, 0.5) is 8.78 Å². The highest BCUT2D eigenvalue weighted by molar-refractivity contribution is 6.31. The standard InChI is InChI=1S/C19H21ClF2N4O/c1-13-9-24-17(25-10-13)11-23-12-19(22)4-6-26(7-5-19)18(27)14-2-3-16(21)15(20)8-14/h2-3,8-10,23H,4-7,11-12H2,1H3/i11D2. The number of aryl methyl sites for hydroxylation is 1. The van der Waals surface area contributed by atoms with Gasteiger partial charge in [0.1, 0.15) is 17.3 Å². The van der Waals surface area contributed by atoms with Gasteiger partial charge in [-0.25, -0.2) is 18.7 Å². The van der Waals surface area contributed by atoms with Gasteiger partial charge in [0.2, 0.25) is 0 Å². The summed E-state index contributed by atoms with van der Waals surface area (Å²) in [6.45, 7) is -0.198. The Balaban J connectivity index is 1.58. The van der Waals surface area contributed by atoms with Gasteiger partial charge < -0.3 is 10.2 Å². The minimum absolute atomic E-state index is 0.0471. The van der Waals surface area contributed by atoms with Gasteiger partial charge in [0.25, 0.3) is 5.91 Å². The third-order valence-corrected chi connectivity index (χ3v) is 4.79. The summed E-state index contributed by atoms with van der Waals surface area (Å²) in [6, 6.07) is 3.73. The van der Waals surface area contributed by atoms with Crippen molar-refractivity contribution in [1.29, 1.82) is 0 Å². The molecule has 1 aliphatic rings. The van der Waals surface area contributed by atoms with Gasteiger partial charge in [0, 0.05) is 50.4 Å². The van der Waals surface area contributed by atoms with Crippen LogP contribution in [-0.2, 0) is 6.50 Å². The fourth-order valence-electron chi connectivity index (χ4n) is 2.84. The van der Waals surface area contributed by atoms with Gasteiger partial charge in [-0.2, -0.15) is 0 Å². The Morgan fingerprint density at radius 1 is 1.37 bits per heavy atom. The number of nitrogens with one attached hydrogen (secondary N) is 1. The van der Waals surface area contributed by atoms with Crippen molar-refractivity contribution in [2.45, 2.75) is 31.9 Å². The van der Waals surface area contributed by atoms with E-state index in [-0.39, 0.29) is 54.8 Å². The molecule has 1 N–H and O–H groups in total. The monoisotopic (exact) mass is 396 g/mol. The van der Waals surface area contributed by atoms with Gasteiger partial charge in [-0.3, -0.25) is 4.79 Å². The number of alkyl halides is 1. The topological polar surface area (TPSA) is 58.1 Å². The molecule has 1 fully saturated rings. The SMILES string of the molecule is [2H]C([2H])(NCC1(F)CCN(C(=O)c2ccc(F)c(Cl)c2)CC1)c1ncc(C)cn1. The summed E-state index contributed by atoms with van der Waals surface area (Å²) in [5.41, 5.74) is -0.630. The Bertz CT molecular complexity index is 890. The van der Waals surface area contributed by atoms with Crippen LogP contribution < -0.4 is 5.32 Å². The van der Waals surface area contributed by atoms with Crippen molar-refractivity contribution >= 4 is 17.5 Å². The fourth-order valence-corrected chi connectivity index (χ4v) is 3.02. The zero-order valence-corrected chi connectivity index (χ0v) is 15.6. The van der Waals surface area contributed by atoms with Crippen LogP contribution in [0.3, 0.4) is 0 Å². The minimum atomic E-state index is -2.08. The molecule has 0 unspecified atom stereocenters. The average Bonchev–Trinajstić information content (AvgIpc) is 2.69. The van der Waals surface area contributed by atoms with Crippen molar-refractivity contribution in [3.63, 3.8) is 0 Å². The second-order valence-corrected chi connectivity index (χ2v) is 7.04. The first-order valence-electron chi connectivity index (χ1n) is 9.57. The number of hydrogen-bond donors (Lipinski definition) is 1.